The molecule has 2 N–H and O–H groups in total. The normalized spacial score (nSPS) is 19.4. The van der Waals surface area contributed by atoms with Crippen molar-refractivity contribution < 1.29 is 0 Å². The van der Waals surface area contributed by atoms with Crippen molar-refractivity contribution in [2.24, 2.45) is 0 Å². The second-order valence-electron chi connectivity index (χ2n) is 6.58. The van der Waals surface area contributed by atoms with E-state index in [4.69, 9.17) is 23.8 Å². The summed E-state index contributed by atoms with van der Waals surface area (Å²) >= 11 is 14.3. The van der Waals surface area contributed by atoms with Crippen molar-refractivity contribution in [1.82, 2.24) is 15.3 Å². The highest BCUT2D eigenvalue weighted by Crippen LogP contribution is 2.44. The lowest BCUT2D eigenvalue weighted by molar-refractivity contribution is 0.564. The van der Waals surface area contributed by atoms with Crippen LogP contribution in [0.25, 0.3) is 0 Å². The Morgan fingerprint density at radius 2 is 1.85 bits per heavy atom. The topological polar surface area (TPSA) is 44.0 Å². The summed E-state index contributed by atoms with van der Waals surface area (Å²) in [6.45, 7) is 4.21. The van der Waals surface area contributed by atoms with E-state index in [1.54, 1.807) is 0 Å². The van der Waals surface area contributed by atoms with Crippen molar-refractivity contribution in [3.63, 3.8) is 0 Å². The number of aryl methyl sites for hydroxylation is 2. The molecule has 27 heavy (non-hydrogen) atoms. The standard InChI is InChI=1S/C20H18ClIN4S/c1-11-16(17(22)12(2)24-11)19-18(15-5-3-4-10-23-15)25-20(27)26(19)14-8-6-13(21)7-9-14/h3-10,18-19,24H,1-2H3,(H,25,27)/t18-,19-/m1/s1. The van der Waals surface area contributed by atoms with E-state index in [9.17, 15) is 0 Å². The Labute approximate surface area is 182 Å². The van der Waals surface area contributed by atoms with Gasteiger partial charge in [0.25, 0.3) is 0 Å². The van der Waals surface area contributed by atoms with Gasteiger partial charge in [0.1, 0.15) is 0 Å². The van der Waals surface area contributed by atoms with Crippen LogP contribution in [0.2, 0.25) is 5.02 Å². The second kappa shape index (κ2) is 7.41. The van der Waals surface area contributed by atoms with Gasteiger partial charge < -0.3 is 15.2 Å². The van der Waals surface area contributed by atoms with E-state index in [2.05, 4.69) is 56.6 Å². The van der Waals surface area contributed by atoms with Gasteiger partial charge in [-0.25, -0.2) is 0 Å². The van der Waals surface area contributed by atoms with Crippen molar-refractivity contribution in [1.29, 1.82) is 0 Å². The smallest absolute Gasteiger partial charge is 0.174 e. The average Bonchev–Trinajstić information content (AvgIpc) is 3.12. The predicted molar refractivity (Wildman–Crippen MR) is 122 cm³/mol. The van der Waals surface area contributed by atoms with Gasteiger partial charge in [0, 0.05) is 37.4 Å². The number of nitrogens with one attached hydrogen (secondary N) is 2. The molecule has 4 nitrogen and oxygen atoms in total. The summed E-state index contributed by atoms with van der Waals surface area (Å²) in [4.78, 5) is 10.2. The molecule has 1 aliphatic rings. The molecule has 1 saturated heterocycles. The molecule has 0 spiro atoms. The van der Waals surface area contributed by atoms with E-state index in [0.717, 1.165) is 22.8 Å². The van der Waals surface area contributed by atoms with Crippen molar-refractivity contribution >= 4 is 57.2 Å². The molecule has 3 aromatic rings. The van der Waals surface area contributed by atoms with Crippen LogP contribution in [-0.2, 0) is 0 Å². The predicted octanol–water partition coefficient (Wildman–Crippen LogP) is 5.46. The molecule has 0 unspecified atom stereocenters. The van der Waals surface area contributed by atoms with Crippen LogP contribution in [0, 0.1) is 17.4 Å². The third-order valence-electron chi connectivity index (χ3n) is 4.84. The Morgan fingerprint density at radius 1 is 1.11 bits per heavy atom. The highest BCUT2D eigenvalue weighted by molar-refractivity contribution is 14.1. The number of benzene rings is 1. The van der Waals surface area contributed by atoms with Gasteiger partial charge in [-0.05, 0) is 85.1 Å². The van der Waals surface area contributed by atoms with Crippen LogP contribution in [0.1, 0.15) is 34.7 Å². The average molecular weight is 509 g/mol. The number of hydrogen-bond donors (Lipinski definition) is 2. The molecule has 2 atom stereocenters. The van der Waals surface area contributed by atoms with Crippen LogP contribution in [0.4, 0.5) is 5.69 Å². The number of H-pyrrole nitrogens is 1. The molecule has 1 aliphatic heterocycles. The quantitative estimate of drug-likeness (QED) is 0.364. The number of aromatic nitrogens is 2. The third kappa shape index (κ3) is 3.34. The number of halogens is 2. The minimum absolute atomic E-state index is 0.00887. The number of aromatic amines is 1. The monoisotopic (exact) mass is 508 g/mol. The van der Waals surface area contributed by atoms with Crippen molar-refractivity contribution in [3.05, 3.63) is 79.9 Å². The van der Waals surface area contributed by atoms with Crippen LogP contribution in [0.15, 0.2) is 48.7 Å². The fourth-order valence-electron chi connectivity index (χ4n) is 3.65. The van der Waals surface area contributed by atoms with Crippen LogP contribution in [-0.4, -0.2) is 15.1 Å². The van der Waals surface area contributed by atoms with E-state index in [1.165, 1.54) is 9.13 Å². The van der Waals surface area contributed by atoms with Crippen molar-refractivity contribution in [3.8, 4) is 0 Å². The van der Waals surface area contributed by atoms with Gasteiger partial charge in [0.05, 0.1) is 17.8 Å². The first-order valence-electron chi connectivity index (χ1n) is 8.58. The number of hydrogen-bond acceptors (Lipinski definition) is 2. The first-order chi connectivity index (χ1) is 13.0. The number of rotatable bonds is 3. The Kier molecular flexibility index (Phi) is 5.13. The van der Waals surface area contributed by atoms with E-state index in [-0.39, 0.29) is 12.1 Å². The molecule has 0 saturated carbocycles. The SMILES string of the molecule is Cc1[nH]c(C)c([C@@H]2[C@@H](c3ccccn3)NC(=S)N2c2ccc(Cl)cc2)c1I. The molecule has 1 aromatic carbocycles. The number of thiocarbonyl (C=S) groups is 1. The van der Waals surface area contributed by atoms with Gasteiger partial charge in [0.15, 0.2) is 5.11 Å². The Hall–Kier alpha value is -1.64. The zero-order chi connectivity index (χ0) is 19.1. The molecular weight excluding hydrogens is 491 g/mol. The van der Waals surface area contributed by atoms with Gasteiger partial charge in [-0.15, -0.1) is 0 Å². The lowest BCUT2D eigenvalue weighted by Gasteiger charge is -2.28. The maximum atomic E-state index is 6.10. The zero-order valence-corrected chi connectivity index (χ0v) is 18.6. The first kappa shape index (κ1) is 18.7. The molecule has 4 rings (SSSR count). The number of pyridine rings is 1. The minimum Gasteiger partial charge on any atom is -0.362 e. The van der Waals surface area contributed by atoms with Gasteiger partial charge in [-0.1, -0.05) is 17.7 Å². The molecule has 3 heterocycles. The highest BCUT2D eigenvalue weighted by atomic mass is 127. The maximum Gasteiger partial charge on any atom is 0.174 e. The fourth-order valence-corrected chi connectivity index (χ4v) is 4.98. The van der Waals surface area contributed by atoms with Crippen LogP contribution < -0.4 is 10.2 Å². The second-order valence-corrected chi connectivity index (χ2v) is 8.48. The largest absolute Gasteiger partial charge is 0.362 e. The molecule has 1 fully saturated rings. The van der Waals surface area contributed by atoms with Gasteiger partial charge in [-0.3, -0.25) is 4.98 Å². The first-order valence-corrected chi connectivity index (χ1v) is 10.4. The lowest BCUT2D eigenvalue weighted by Crippen LogP contribution is -2.29. The van der Waals surface area contributed by atoms with E-state index >= 15 is 0 Å². The molecule has 0 bridgehead atoms. The highest BCUT2D eigenvalue weighted by Gasteiger charge is 2.42. The molecular formula is C20H18ClIN4S. The lowest BCUT2D eigenvalue weighted by atomic mass is 9.96. The van der Waals surface area contributed by atoms with Crippen LogP contribution >= 0.6 is 46.4 Å². The Morgan fingerprint density at radius 3 is 2.44 bits per heavy atom. The van der Waals surface area contributed by atoms with E-state index in [0.29, 0.717) is 10.1 Å². The molecule has 138 valence electrons. The van der Waals surface area contributed by atoms with E-state index in [1.807, 2.05) is 48.7 Å². The molecule has 0 aliphatic carbocycles. The molecule has 0 amide bonds. The summed E-state index contributed by atoms with van der Waals surface area (Å²) in [5.74, 6) is 0. The van der Waals surface area contributed by atoms with Gasteiger partial charge in [0.2, 0.25) is 0 Å². The molecule has 7 heteroatoms. The van der Waals surface area contributed by atoms with E-state index < -0.39 is 0 Å². The van der Waals surface area contributed by atoms with Crippen LogP contribution in [0.3, 0.4) is 0 Å². The van der Waals surface area contributed by atoms with Gasteiger partial charge in [-0.2, -0.15) is 0 Å². The zero-order valence-electron chi connectivity index (χ0n) is 14.8. The van der Waals surface area contributed by atoms with Gasteiger partial charge >= 0.3 is 0 Å². The van der Waals surface area contributed by atoms with Crippen LogP contribution in [0.5, 0.6) is 0 Å². The summed E-state index contributed by atoms with van der Waals surface area (Å²) in [5, 5.41) is 4.88. The molecule has 2 aromatic heterocycles. The van der Waals surface area contributed by atoms with Crippen molar-refractivity contribution in [2.45, 2.75) is 25.9 Å². The summed E-state index contributed by atoms with van der Waals surface area (Å²) in [6, 6.07) is 13.7. The summed E-state index contributed by atoms with van der Waals surface area (Å²) < 4.78 is 1.22. The number of nitrogens with zero attached hydrogens (tertiary/aromatic N) is 2. The fraction of sp³-hybridized carbons (Fsp3) is 0.200. The number of anilines is 1. The minimum atomic E-state index is -0.0446. The summed E-state index contributed by atoms with van der Waals surface area (Å²) in [6.07, 6.45) is 1.82. The Bertz CT molecular complexity index is 987. The Balaban J connectivity index is 1.89. The third-order valence-corrected chi connectivity index (χ3v) is 6.80. The molecule has 0 radical (unpaired) electrons. The summed E-state index contributed by atoms with van der Waals surface area (Å²) in [5.41, 5.74) is 5.53. The maximum absolute atomic E-state index is 6.10. The summed E-state index contributed by atoms with van der Waals surface area (Å²) in [7, 11) is 0. The van der Waals surface area contributed by atoms with Crippen molar-refractivity contribution in [2.75, 3.05) is 4.90 Å².